The van der Waals surface area contributed by atoms with Crippen molar-refractivity contribution in [2.45, 2.75) is 32.1 Å². The minimum absolute atomic E-state index is 0.0913. The maximum atomic E-state index is 12.5. The van der Waals surface area contributed by atoms with Gasteiger partial charge in [-0.1, -0.05) is 32.0 Å². The van der Waals surface area contributed by atoms with Gasteiger partial charge in [-0.3, -0.25) is 4.79 Å². The quantitative estimate of drug-likeness (QED) is 0.847. The summed E-state index contributed by atoms with van der Waals surface area (Å²) in [4.78, 5) is 12.5. The Kier molecular flexibility index (Phi) is 4.38. The summed E-state index contributed by atoms with van der Waals surface area (Å²) in [5.74, 6) is 0.364. The summed E-state index contributed by atoms with van der Waals surface area (Å²) in [6, 6.07) is 7.92. The molecule has 19 heavy (non-hydrogen) atoms. The second-order valence-electron chi connectivity index (χ2n) is 5.92. The number of benzene rings is 1. The molecule has 2 N–H and O–H groups in total. The molecule has 1 aromatic carbocycles. The first-order chi connectivity index (χ1) is 9.04. The summed E-state index contributed by atoms with van der Waals surface area (Å²) in [6.45, 7) is 6.17. The van der Waals surface area contributed by atoms with E-state index in [0.29, 0.717) is 19.8 Å². The van der Waals surface area contributed by atoms with E-state index in [2.05, 4.69) is 13.8 Å². The zero-order valence-electron chi connectivity index (χ0n) is 11.8. The second-order valence-corrected chi connectivity index (χ2v) is 5.92. The van der Waals surface area contributed by atoms with E-state index in [1.54, 1.807) is 0 Å². The third kappa shape index (κ3) is 3.23. The molecule has 1 fully saturated rings. The number of carbonyl (C=O) groups is 1. The molecule has 2 rings (SSSR count). The van der Waals surface area contributed by atoms with Crippen LogP contribution in [0.15, 0.2) is 24.3 Å². The maximum Gasteiger partial charge on any atom is 0.166 e. The van der Waals surface area contributed by atoms with Crippen LogP contribution in [0.1, 0.15) is 42.6 Å². The van der Waals surface area contributed by atoms with Gasteiger partial charge in [0.25, 0.3) is 0 Å². The number of ether oxygens (including phenoxy) is 1. The number of Topliss-reactive ketones (excluding diaryl/α,β-unsaturated/α-hetero) is 1. The molecule has 0 radical (unpaired) electrons. The molecule has 1 aliphatic heterocycles. The van der Waals surface area contributed by atoms with Gasteiger partial charge < -0.3 is 10.5 Å². The molecule has 0 aromatic heterocycles. The van der Waals surface area contributed by atoms with Crippen molar-refractivity contribution >= 4 is 5.78 Å². The van der Waals surface area contributed by atoms with E-state index in [1.807, 2.05) is 24.3 Å². The van der Waals surface area contributed by atoms with Gasteiger partial charge in [0.15, 0.2) is 5.78 Å². The summed E-state index contributed by atoms with van der Waals surface area (Å²) in [6.07, 6.45) is 1.67. The summed E-state index contributed by atoms with van der Waals surface area (Å²) in [5.41, 5.74) is 7.66. The number of hydrogen-bond donors (Lipinski definition) is 1. The van der Waals surface area contributed by atoms with Crippen molar-refractivity contribution in [2.24, 2.45) is 11.7 Å². The minimum Gasteiger partial charge on any atom is -0.381 e. The van der Waals surface area contributed by atoms with Crippen LogP contribution in [-0.2, 0) is 10.2 Å². The predicted molar refractivity (Wildman–Crippen MR) is 76.4 cm³/mol. The summed E-state index contributed by atoms with van der Waals surface area (Å²) in [7, 11) is 0. The summed E-state index contributed by atoms with van der Waals surface area (Å²) >= 11 is 0. The summed E-state index contributed by atoms with van der Waals surface area (Å²) < 4.78 is 5.31. The lowest BCUT2D eigenvalue weighted by Gasteiger charge is -2.25. The molecule has 0 atom stereocenters. The van der Waals surface area contributed by atoms with Crippen molar-refractivity contribution < 1.29 is 9.53 Å². The van der Waals surface area contributed by atoms with Gasteiger partial charge in [-0.15, -0.1) is 0 Å². The van der Waals surface area contributed by atoms with E-state index in [-0.39, 0.29) is 17.1 Å². The molecule has 0 unspecified atom stereocenters. The zero-order valence-corrected chi connectivity index (χ0v) is 11.8. The van der Waals surface area contributed by atoms with Crippen LogP contribution >= 0.6 is 0 Å². The molecule has 0 saturated carbocycles. The first-order valence-corrected chi connectivity index (χ1v) is 6.97. The molecule has 3 heteroatoms. The third-order valence-corrected chi connectivity index (χ3v) is 4.03. The SMILES string of the molecule is CC(C)(CN)c1cccc(C(=O)C2CCOCC2)c1. The summed E-state index contributed by atoms with van der Waals surface area (Å²) in [5, 5.41) is 0. The van der Waals surface area contributed by atoms with Gasteiger partial charge in [0.05, 0.1) is 0 Å². The topological polar surface area (TPSA) is 52.3 Å². The fourth-order valence-corrected chi connectivity index (χ4v) is 2.41. The minimum atomic E-state index is -0.0913. The Morgan fingerprint density at radius 2 is 2.05 bits per heavy atom. The predicted octanol–water partition coefficient (Wildman–Crippen LogP) is 2.53. The van der Waals surface area contributed by atoms with Crippen molar-refractivity contribution in [3.05, 3.63) is 35.4 Å². The van der Waals surface area contributed by atoms with Gasteiger partial charge in [0, 0.05) is 36.7 Å². The molecule has 0 aliphatic carbocycles. The molecular formula is C16H23NO2. The van der Waals surface area contributed by atoms with Crippen LogP contribution in [0, 0.1) is 5.92 Å². The highest BCUT2D eigenvalue weighted by Crippen LogP contribution is 2.25. The molecule has 1 heterocycles. The van der Waals surface area contributed by atoms with E-state index in [0.717, 1.165) is 24.0 Å². The Morgan fingerprint density at radius 3 is 2.68 bits per heavy atom. The lowest BCUT2D eigenvalue weighted by Crippen LogP contribution is -2.29. The standard InChI is InChI=1S/C16H23NO2/c1-16(2,11-17)14-5-3-4-13(10-14)15(18)12-6-8-19-9-7-12/h3-5,10,12H,6-9,11,17H2,1-2H3. The molecule has 0 amide bonds. The molecule has 1 aromatic rings. The molecule has 104 valence electrons. The molecule has 1 aliphatic rings. The molecule has 3 nitrogen and oxygen atoms in total. The van der Waals surface area contributed by atoms with E-state index in [4.69, 9.17) is 10.5 Å². The van der Waals surface area contributed by atoms with Crippen molar-refractivity contribution in [3.8, 4) is 0 Å². The number of rotatable bonds is 4. The number of carbonyl (C=O) groups excluding carboxylic acids is 1. The van der Waals surface area contributed by atoms with Gasteiger partial charge >= 0.3 is 0 Å². The second kappa shape index (κ2) is 5.85. The third-order valence-electron chi connectivity index (χ3n) is 4.03. The Balaban J connectivity index is 2.20. The lowest BCUT2D eigenvalue weighted by atomic mass is 9.82. The van der Waals surface area contributed by atoms with Crippen LogP contribution < -0.4 is 5.73 Å². The number of hydrogen-bond acceptors (Lipinski definition) is 3. The Labute approximate surface area is 115 Å². The average molecular weight is 261 g/mol. The molecule has 1 saturated heterocycles. The molecular weight excluding hydrogens is 238 g/mol. The van der Waals surface area contributed by atoms with Crippen LogP contribution in [-0.4, -0.2) is 25.5 Å². The van der Waals surface area contributed by atoms with Crippen LogP contribution in [0.5, 0.6) is 0 Å². The van der Waals surface area contributed by atoms with Crippen LogP contribution in [0.2, 0.25) is 0 Å². The maximum absolute atomic E-state index is 12.5. The first-order valence-electron chi connectivity index (χ1n) is 6.97. The first kappa shape index (κ1) is 14.2. The Bertz CT molecular complexity index is 448. The lowest BCUT2D eigenvalue weighted by molar-refractivity contribution is 0.0545. The zero-order chi connectivity index (χ0) is 13.9. The van der Waals surface area contributed by atoms with Gasteiger partial charge in [-0.05, 0) is 24.5 Å². The van der Waals surface area contributed by atoms with Crippen LogP contribution in [0.4, 0.5) is 0 Å². The highest BCUT2D eigenvalue weighted by Gasteiger charge is 2.24. The Morgan fingerprint density at radius 1 is 1.37 bits per heavy atom. The monoisotopic (exact) mass is 261 g/mol. The van der Waals surface area contributed by atoms with Gasteiger partial charge in [0.1, 0.15) is 0 Å². The van der Waals surface area contributed by atoms with E-state index in [1.165, 1.54) is 0 Å². The highest BCUT2D eigenvalue weighted by atomic mass is 16.5. The van der Waals surface area contributed by atoms with Crippen molar-refractivity contribution in [3.63, 3.8) is 0 Å². The normalized spacial score (nSPS) is 17.4. The van der Waals surface area contributed by atoms with Gasteiger partial charge in [-0.2, -0.15) is 0 Å². The van der Waals surface area contributed by atoms with E-state index >= 15 is 0 Å². The fourth-order valence-electron chi connectivity index (χ4n) is 2.41. The fraction of sp³-hybridized carbons (Fsp3) is 0.562. The largest absolute Gasteiger partial charge is 0.381 e. The van der Waals surface area contributed by atoms with Crippen molar-refractivity contribution in [1.82, 2.24) is 0 Å². The molecule has 0 bridgehead atoms. The van der Waals surface area contributed by atoms with Crippen molar-refractivity contribution in [2.75, 3.05) is 19.8 Å². The number of ketones is 1. The van der Waals surface area contributed by atoms with Crippen LogP contribution in [0.25, 0.3) is 0 Å². The van der Waals surface area contributed by atoms with Gasteiger partial charge in [0.2, 0.25) is 0 Å². The van der Waals surface area contributed by atoms with Crippen molar-refractivity contribution in [1.29, 1.82) is 0 Å². The van der Waals surface area contributed by atoms with E-state index in [9.17, 15) is 4.79 Å². The van der Waals surface area contributed by atoms with E-state index < -0.39 is 0 Å². The number of nitrogens with two attached hydrogens (primary N) is 1. The highest BCUT2D eigenvalue weighted by molar-refractivity contribution is 5.98. The smallest absolute Gasteiger partial charge is 0.166 e. The van der Waals surface area contributed by atoms with Gasteiger partial charge in [-0.25, -0.2) is 0 Å². The molecule has 0 spiro atoms. The van der Waals surface area contributed by atoms with Crippen LogP contribution in [0.3, 0.4) is 0 Å². The average Bonchev–Trinajstić information content (AvgIpc) is 2.47. The Hall–Kier alpha value is -1.19.